The van der Waals surface area contributed by atoms with Crippen molar-refractivity contribution in [3.63, 3.8) is 0 Å². The van der Waals surface area contributed by atoms with Crippen LogP contribution in [0.5, 0.6) is 0 Å². The molecule has 0 atom stereocenters. The van der Waals surface area contributed by atoms with Gasteiger partial charge < -0.3 is 0 Å². The van der Waals surface area contributed by atoms with Crippen LogP contribution in [-0.4, -0.2) is 0 Å². The van der Waals surface area contributed by atoms with E-state index in [0.29, 0.717) is 0 Å². The van der Waals surface area contributed by atoms with Crippen LogP contribution < -0.4 is 5.26 Å². The lowest BCUT2D eigenvalue weighted by Crippen LogP contribution is -2.17. The maximum Gasteiger partial charge on any atom is 0.304 e. The van der Waals surface area contributed by atoms with Crippen molar-refractivity contribution in [2.45, 2.75) is 0 Å². The first kappa shape index (κ1) is 4.90. The van der Waals surface area contributed by atoms with E-state index in [9.17, 15) is 0 Å². The zero-order valence-electron chi connectivity index (χ0n) is 4.31. The van der Waals surface area contributed by atoms with E-state index in [1.54, 1.807) is 24.6 Å². The standard InChI is InChI=1S/C7H4N/c8-6-7-4-2-1-3-5-7/h2-5H/p+1. The molecule has 37 valence electrons. The summed E-state index contributed by atoms with van der Waals surface area (Å²) in [6.07, 6.45) is 7.09. The molecular formula is C7H5N+. The fourth-order valence-corrected chi connectivity index (χ4v) is 0.470. The number of hydrogen-bond acceptors (Lipinski definition) is 0. The van der Waals surface area contributed by atoms with Crippen molar-refractivity contribution >= 4 is 0 Å². The van der Waals surface area contributed by atoms with E-state index in [4.69, 9.17) is 5.26 Å². The fraction of sp³-hybridized carbons (Fsp3) is 0. The predicted octanol–water partition coefficient (Wildman–Crippen LogP) is -0.385. The van der Waals surface area contributed by atoms with Crippen LogP contribution in [0.4, 0.5) is 0 Å². The predicted molar refractivity (Wildman–Crippen MR) is 29.9 cm³/mol. The summed E-state index contributed by atoms with van der Waals surface area (Å²) in [7, 11) is 0. The minimum absolute atomic E-state index is 0.795. The Morgan fingerprint density at radius 1 is 1.50 bits per heavy atom. The van der Waals surface area contributed by atoms with Crippen LogP contribution in [-0.2, 0) is 0 Å². The van der Waals surface area contributed by atoms with Crippen molar-refractivity contribution in [1.29, 1.82) is 0 Å². The molecule has 1 heteroatoms. The maximum absolute atomic E-state index is 6.68. The monoisotopic (exact) mass is 103 g/mol. The number of nitrogens with one attached hydrogen (secondary N) is 1. The van der Waals surface area contributed by atoms with Crippen molar-refractivity contribution in [1.82, 2.24) is 0 Å². The van der Waals surface area contributed by atoms with Crippen LogP contribution in [0.25, 0.3) is 0 Å². The molecule has 0 aromatic heterocycles. The average Bonchev–Trinajstić information content (AvgIpc) is 1.90. The summed E-state index contributed by atoms with van der Waals surface area (Å²) in [4.78, 5) is 0. The van der Waals surface area contributed by atoms with Crippen LogP contribution in [0.15, 0.2) is 29.5 Å². The Labute approximate surface area is 48.2 Å². The van der Waals surface area contributed by atoms with Crippen LogP contribution in [0.2, 0.25) is 0 Å². The normalized spacial score (nSPS) is 15.1. The summed E-state index contributed by atoms with van der Waals surface area (Å²) in [5, 5.41) is 6.68. The molecule has 1 aliphatic carbocycles. The molecule has 1 radical (unpaired) electrons. The molecule has 0 aromatic rings. The van der Waals surface area contributed by atoms with E-state index in [2.05, 4.69) is 11.8 Å². The van der Waals surface area contributed by atoms with Crippen molar-refractivity contribution in [3.8, 4) is 6.07 Å². The Hall–Kier alpha value is -1.25. The first-order valence-electron chi connectivity index (χ1n) is 2.32. The molecule has 0 saturated carbocycles. The van der Waals surface area contributed by atoms with Gasteiger partial charge in [0.2, 0.25) is 0 Å². The Bertz CT molecular complexity index is 209. The molecule has 1 N–H and O–H groups in total. The van der Waals surface area contributed by atoms with Crippen LogP contribution in [0, 0.1) is 12.5 Å². The van der Waals surface area contributed by atoms with Crippen molar-refractivity contribution in [2.24, 2.45) is 0 Å². The van der Waals surface area contributed by atoms with Gasteiger partial charge in [-0.2, -0.15) is 0 Å². The molecule has 1 nitrogen and oxygen atoms in total. The number of rotatable bonds is 0. The fourth-order valence-electron chi connectivity index (χ4n) is 0.470. The van der Waals surface area contributed by atoms with Crippen LogP contribution in [0.3, 0.4) is 0 Å². The summed E-state index contributed by atoms with van der Waals surface area (Å²) in [5.41, 5.74) is 3.64. The van der Waals surface area contributed by atoms with Gasteiger partial charge in [0.15, 0.2) is 0 Å². The first-order valence-corrected chi connectivity index (χ1v) is 2.32. The summed E-state index contributed by atoms with van der Waals surface area (Å²) < 4.78 is 0. The second kappa shape index (κ2) is 2.16. The molecule has 0 bridgehead atoms. The molecular weight excluding hydrogens is 98.1 g/mol. The van der Waals surface area contributed by atoms with Gasteiger partial charge in [-0.25, -0.2) is 0 Å². The number of hydrogen-bond donors (Lipinski definition) is 1. The van der Waals surface area contributed by atoms with Gasteiger partial charge in [-0.3, -0.25) is 0 Å². The minimum atomic E-state index is 0.795. The Kier molecular flexibility index (Phi) is 1.32. The lowest BCUT2D eigenvalue weighted by atomic mass is 10.1. The maximum atomic E-state index is 6.68. The molecule has 1 rings (SSSR count). The summed E-state index contributed by atoms with van der Waals surface area (Å²) in [6, 6.07) is 2.26. The van der Waals surface area contributed by atoms with Crippen molar-refractivity contribution in [3.05, 3.63) is 36.0 Å². The zero-order chi connectivity index (χ0) is 5.82. The molecule has 8 heavy (non-hydrogen) atoms. The minimum Gasteiger partial charge on any atom is -0.124 e. The molecule has 0 heterocycles. The third kappa shape index (κ3) is 0.872. The highest BCUT2D eigenvalue weighted by Gasteiger charge is 1.95. The van der Waals surface area contributed by atoms with Crippen LogP contribution >= 0.6 is 0 Å². The van der Waals surface area contributed by atoms with Gasteiger partial charge in [-0.1, -0.05) is 5.26 Å². The third-order valence-corrected chi connectivity index (χ3v) is 0.863. The number of allylic oxidation sites excluding steroid dienone is 3. The SMILES string of the molecule is [NH+]#CC1=CC=C=C[CH]1. The van der Waals surface area contributed by atoms with Gasteiger partial charge in [0.05, 0.1) is 5.57 Å². The Balaban J connectivity index is 2.81. The quantitative estimate of drug-likeness (QED) is 0.404. The second-order valence-electron chi connectivity index (χ2n) is 1.41. The highest BCUT2D eigenvalue weighted by molar-refractivity contribution is 5.38. The second-order valence-corrected chi connectivity index (χ2v) is 1.41. The van der Waals surface area contributed by atoms with Crippen molar-refractivity contribution < 1.29 is 5.26 Å². The van der Waals surface area contributed by atoms with E-state index >= 15 is 0 Å². The first-order chi connectivity index (χ1) is 3.93. The zero-order valence-corrected chi connectivity index (χ0v) is 4.31. The topological polar surface area (TPSA) is 23.8 Å². The smallest absolute Gasteiger partial charge is 0.124 e. The van der Waals surface area contributed by atoms with E-state index in [1.165, 1.54) is 0 Å². The van der Waals surface area contributed by atoms with E-state index in [1.807, 2.05) is 0 Å². The largest absolute Gasteiger partial charge is 0.304 e. The summed E-state index contributed by atoms with van der Waals surface area (Å²) >= 11 is 0. The van der Waals surface area contributed by atoms with Crippen LogP contribution in [0.1, 0.15) is 0 Å². The molecule has 0 amide bonds. The van der Waals surface area contributed by atoms with Gasteiger partial charge in [0, 0.05) is 6.42 Å². The van der Waals surface area contributed by atoms with Gasteiger partial charge >= 0.3 is 6.07 Å². The lowest BCUT2D eigenvalue weighted by Gasteiger charge is -1.85. The molecule has 0 spiro atoms. The lowest BCUT2D eigenvalue weighted by molar-refractivity contribution is -0.0910. The molecule has 0 aromatic carbocycles. The van der Waals surface area contributed by atoms with Gasteiger partial charge in [0.25, 0.3) is 0 Å². The molecule has 1 aliphatic rings. The molecule has 0 saturated heterocycles. The van der Waals surface area contributed by atoms with Gasteiger partial charge in [-0.15, -0.1) is 5.73 Å². The summed E-state index contributed by atoms with van der Waals surface area (Å²) in [6.45, 7) is 0. The Morgan fingerprint density at radius 2 is 2.38 bits per heavy atom. The molecule has 0 unspecified atom stereocenters. The highest BCUT2D eigenvalue weighted by Crippen LogP contribution is 2.01. The molecule has 0 fully saturated rings. The van der Waals surface area contributed by atoms with Crippen molar-refractivity contribution in [2.75, 3.05) is 0 Å². The Morgan fingerprint density at radius 3 is 2.75 bits per heavy atom. The highest BCUT2D eigenvalue weighted by atomic mass is 14.2. The third-order valence-electron chi connectivity index (χ3n) is 0.863. The van der Waals surface area contributed by atoms with Gasteiger partial charge in [-0.05, 0) is 18.2 Å². The molecule has 0 aliphatic heterocycles. The van der Waals surface area contributed by atoms with E-state index < -0.39 is 0 Å². The van der Waals surface area contributed by atoms with Gasteiger partial charge in [0.1, 0.15) is 0 Å². The summed E-state index contributed by atoms with van der Waals surface area (Å²) in [5.74, 6) is 0. The van der Waals surface area contributed by atoms with E-state index in [0.717, 1.165) is 5.57 Å². The van der Waals surface area contributed by atoms with E-state index in [-0.39, 0.29) is 0 Å². The average molecular weight is 103 g/mol.